The lowest BCUT2D eigenvalue weighted by Crippen LogP contribution is -2.05. The van der Waals surface area contributed by atoms with Crippen molar-refractivity contribution in [2.75, 3.05) is 0 Å². The summed E-state index contributed by atoms with van der Waals surface area (Å²) in [5.41, 5.74) is 1.70. The third-order valence-electron chi connectivity index (χ3n) is 2.60. The van der Waals surface area contributed by atoms with Crippen LogP contribution in [-0.2, 0) is 19.9 Å². The predicted molar refractivity (Wildman–Crippen MR) is 66.2 cm³/mol. The van der Waals surface area contributed by atoms with Crippen molar-refractivity contribution < 1.29 is 5.11 Å². The number of rotatable bonds is 4. The molecule has 2 rings (SSSR count). The van der Waals surface area contributed by atoms with E-state index in [-0.39, 0.29) is 0 Å². The summed E-state index contributed by atoms with van der Waals surface area (Å²) in [6.45, 7) is 2.00. The van der Waals surface area contributed by atoms with Crippen LogP contribution in [-0.4, -0.2) is 24.5 Å². The Labute approximate surface area is 108 Å². The van der Waals surface area contributed by atoms with Gasteiger partial charge in [-0.2, -0.15) is 5.10 Å². The first kappa shape index (κ1) is 12.5. The first-order valence-electron chi connectivity index (χ1n) is 5.29. The molecule has 0 spiro atoms. The van der Waals surface area contributed by atoms with E-state index in [2.05, 4.69) is 14.7 Å². The Bertz CT molecular complexity index is 497. The van der Waals surface area contributed by atoms with Gasteiger partial charge in [0.15, 0.2) is 0 Å². The van der Waals surface area contributed by atoms with Crippen molar-refractivity contribution in [1.29, 1.82) is 0 Å². The first-order valence-corrected chi connectivity index (χ1v) is 6.44. The molecule has 5 nitrogen and oxygen atoms in total. The second kappa shape index (κ2) is 5.12. The third-order valence-corrected chi connectivity index (χ3v) is 3.80. The molecule has 0 radical (unpaired) electrons. The fourth-order valence-corrected chi connectivity index (χ4v) is 2.51. The van der Waals surface area contributed by atoms with Crippen LogP contribution in [0, 0.1) is 0 Å². The Morgan fingerprint density at radius 3 is 2.88 bits per heavy atom. The number of hydrogen-bond donors (Lipinski definition) is 1. The Morgan fingerprint density at radius 1 is 1.59 bits per heavy atom. The van der Waals surface area contributed by atoms with Gasteiger partial charge in [0.25, 0.3) is 0 Å². The van der Waals surface area contributed by atoms with Gasteiger partial charge in [-0.1, -0.05) is 23.0 Å². The van der Waals surface area contributed by atoms with Gasteiger partial charge in [-0.3, -0.25) is 4.68 Å². The summed E-state index contributed by atoms with van der Waals surface area (Å²) >= 11 is 7.40. The number of nitrogens with zero attached hydrogens (tertiary/aromatic N) is 4. The van der Waals surface area contributed by atoms with Crippen LogP contribution in [0.25, 0.3) is 0 Å². The highest BCUT2D eigenvalue weighted by Gasteiger charge is 2.18. The summed E-state index contributed by atoms with van der Waals surface area (Å²) in [4.78, 5) is 0.736. The molecule has 0 aliphatic carbocycles. The fraction of sp³-hybridized carbons (Fsp3) is 0.500. The molecule has 1 N–H and O–H groups in total. The van der Waals surface area contributed by atoms with Crippen molar-refractivity contribution in [2.45, 2.75) is 25.9 Å². The van der Waals surface area contributed by atoms with Crippen molar-refractivity contribution in [3.05, 3.63) is 27.5 Å². The molecule has 0 aliphatic rings. The van der Waals surface area contributed by atoms with Crippen molar-refractivity contribution in [3.8, 4) is 0 Å². The largest absolute Gasteiger partial charge is 0.387 e. The average molecular weight is 273 g/mol. The molecule has 2 heterocycles. The number of aliphatic hydroxyl groups is 1. The monoisotopic (exact) mass is 272 g/mol. The van der Waals surface area contributed by atoms with E-state index in [1.165, 1.54) is 11.5 Å². The second-order valence-electron chi connectivity index (χ2n) is 3.72. The highest BCUT2D eigenvalue weighted by atomic mass is 35.5. The minimum absolute atomic E-state index is 0.423. The molecule has 2 aromatic rings. The number of halogens is 1. The van der Waals surface area contributed by atoms with E-state index >= 15 is 0 Å². The van der Waals surface area contributed by atoms with E-state index in [0.717, 1.165) is 22.7 Å². The van der Waals surface area contributed by atoms with Gasteiger partial charge >= 0.3 is 0 Å². The minimum Gasteiger partial charge on any atom is -0.387 e. The van der Waals surface area contributed by atoms with Crippen molar-refractivity contribution in [1.82, 2.24) is 19.4 Å². The maximum absolute atomic E-state index is 10.0. The number of aryl methyl sites for hydroxylation is 2. The van der Waals surface area contributed by atoms with Gasteiger partial charge in [-0.05, 0) is 18.0 Å². The molecule has 0 bridgehead atoms. The predicted octanol–water partition coefficient (Wildman–Crippen LogP) is 1.76. The maximum Gasteiger partial charge on any atom is 0.0969 e. The Hall–Kier alpha value is -0.980. The van der Waals surface area contributed by atoms with E-state index in [4.69, 9.17) is 11.6 Å². The molecule has 0 aliphatic heterocycles. The summed E-state index contributed by atoms with van der Waals surface area (Å²) < 4.78 is 5.45. The SMILES string of the molecule is CCc1nn(C)c(CC(O)c2cnns2)c1Cl. The Balaban J connectivity index is 2.21. The highest BCUT2D eigenvalue weighted by Crippen LogP contribution is 2.26. The van der Waals surface area contributed by atoms with Crippen LogP contribution in [0.2, 0.25) is 5.02 Å². The first-order chi connectivity index (χ1) is 8.13. The van der Waals surface area contributed by atoms with Crippen molar-refractivity contribution >= 4 is 23.1 Å². The second-order valence-corrected chi connectivity index (χ2v) is 4.92. The highest BCUT2D eigenvalue weighted by molar-refractivity contribution is 7.05. The average Bonchev–Trinajstić information content (AvgIpc) is 2.92. The summed E-state index contributed by atoms with van der Waals surface area (Å²) in [5, 5.41) is 18.7. The summed E-state index contributed by atoms with van der Waals surface area (Å²) in [6, 6.07) is 0. The van der Waals surface area contributed by atoms with Gasteiger partial charge in [0.1, 0.15) is 0 Å². The summed E-state index contributed by atoms with van der Waals surface area (Å²) in [6.07, 6.45) is 2.14. The van der Waals surface area contributed by atoms with E-state index < -0.39 is 6.10 Å². The van der Waals surface area contributed by atoms with Crippen LogP contribution in [0.15, 0.2) is 6.20 Å². The molecule has 17 heavy (non-hydrogen) atoms. The van der Waals surface area contributed by atoms with Crippen LogP contribution < -0.4 is 0 Å². The number of aromatic nitrogens is 4. The molecule has 1 atom stereocenters. The molecule has 1 unspecified atom stereocenters. The van der Waals surface area contributed by atoms with Gasteiger partial charge < -0.3 is 5.11 Å². The van der Waals surface area contributed by atoms with Crippen LogP contribution in [0.3, 0.4) is 0 Å². The van der Waals surface area contributed by atoms with Gasteiger partial charge in [-0.15, -0.1) is 5.10 Å². The molecule has 92 valence electrons. The van der Waals surface area contributed by atoms with Gasteiger partial charge in [-0.25, -0.2) is 0 Å². The molecule has 0 amide bonds. The molecule has 0 fully saturated rings. The Kier molecular flexibility index (Phi) is 3.76. The van der Waals surface area contributed by atoms with Crippen LogP contribution in [0.5, 0.6) is 0 Å². The maximum atomic E-state index is 10.0. The van der Waals surface area contributed by atoms with E-state index in [1.54, 1.807) is 10.9 Å². The lowest BCUT2D eigenvalue weighted by Gasteiger charge is -2.07. The van der Waals surface area contributed by atoms with E-state index in [1.807, 2.05) is 14.0 Å². The molecular weight excluding hydrogens is 260 g/mol. The number of aliphatic hydroxyl groups excluding tert-OH is 1. The molecule has 0 saturated heterocycles. The van der Waals surface area contributed by atoms with E-state index in [9.17, 15) is 5.11 Å². The summed E-state index contributed by atoms with van der Waals surface area (Å²) in [7, 11) is 1.83. The zero-order chi connectivity index (χ0) is 12.4. The fourth-order valence-electron chi connectivity index (χ4n) is 1.65. The molecule has 7 heteroatoms. The van der Waals surface area contributed by atoms with Crippen molar-refractivity contribution in [3.63, 3.8) is 0 Å². The summed E-state index contributed by atoms with van der Waals surface area (Å²) in [5.74, 6) is 0. The quantitative estimate of drug-likeness (QED) is 0.921. The standard InChI is InChI=1S/C10H13ClN4OS/c1-3-6-10(11)7(15(2)13-6)4-8(16)9-5-12-14-17-9/h5,8,16H,3-4H2,1-2H3. The number of hydrogen-bond acceptors (Lipinski definition) is 5. The van der Waals surface area contributed by atoms with Crippen LogP contribution >= 0.6 is 23.1 Å². The van der Waals surface area contributed by atoms with Gasteiger partial charge in [0, 0.05) is 13.5 Å². The van der Waals surface area contributed by atoms with Gasteiger partial charge in [0.05, 0.1) is 33.6 Å². The zero-order valence-corrected chi connectivity index (χ0v) is 11.2. The normalized spacial score (nSPS) is 12.9. The van der Waals surface area contributed by atoms with Crippen LogP contribution in [0.1, 0.15) is 29.3 Å². The third kappa shape index (κ3) is 2.48. The topological polar surface area (TPSA) is 63.8 Å². The lowest BCUT2D eigenvalue weighted by atomic mass is 10.1. The molecule has 2 aromatic heterocycles. The Morgan fingerprint density at radius 2 is 2.35 bits per heavy atom. The molecule has 0 aromatic carbocycles. The molecule has 0 saturated carbocycles. The molecular formula is C10H13ClN4OS. The van der Waals surface area contributed by atoms with Gasteiger partial charge in [0.2, 0.25) is 0 Å². The lowest BCUT2D eigenvalue weighted by molar-refractivity contribution is 0.179. The minimum atomic E-state index is -0.632. The van der Waals surface area contributed by atoms with Crippen molar-refractivity contribution in [2.24, 2.45) is 7.05 Å². The van der Waals surface area contributed by atoms with E-state index in [0.29, 0.717) is 11.4 Å². The smallest absolute Gasteiger partial charge is 0.0969 e. The zero-order valence-electron chi connectivity index (χ0n) is 9.59. The van der Waals surface area contributed by atoms with Crippen LogP contribution in [0.4, 0.5) is 0 Å².